The Kier molecular flexibility index (Phi) is 6.13. The van der Waals surface area contributed by atoms with Crippen molar-refractivity contribution in [3.63, 3.8) is 0 Å². The van der Waals surface area contributed by atoms with Crippen molar-refractivity contribution in [2.24, 2.45) is 4.99 Å². The van der Waals surface area contributed by atoms with Crippen LogP contribution in [0.5, 0.6) is 0 Å². The molecule has 1 heterocycles. The van der Waals surface area contributed by atoms with Gasteiger partial charge in [-0.1, -0.05) is 31.2 Å². The number of benzene rings is 1. The maximum atomic E-state index is 4.65. The van der Waals surface area contributed by atoms with Gasteiger partial charge in [-0.2, -0.15) is 0 Å². The Bertz CT molecular complexity index is 485. The molecule has 0 aromatic heterocycles. The highest BCUT2D eigenvalue weighted by Gasteiger charge is 2.07. The van der Waals surface area contributed by atoms with Crippen LogP contribution in [0.15, 0.2) is 41.4 Å². The van der Waals surface area contributed by atoms with Crippen molar-refractivity contribution in [3.05, 3.63) is 42.0 Å². The predicted octanol–water partition coefficient (Wildman–Crippen LogP) is 2.53. The second-order valence-corrected chi connectivity index (χ2v) is 5.17. The van der Waals surface area contributed by atoms with Gasteiger partial charge in [-0.15, -0.1) is 0 Å². The number of nitrogens with zero attached hydrogens (tertiary/aromatic N) is 2. The van der Waals surface area contributed by atoms with Crippen LogP contribution >= 0.6 is 0 Å². The molecule has 1 aromatic carbocycles. The highest BCUT2D eigenvalue weighted by Crippen LogP contribution is 2.18. The first-order chi connectivity index (χ1) is 10.3. The second kappa shape index (κ2) is 8.35. The molecule has 0 saturated heterocycles. The summed E-state index contributed by atoms with van der Waals surface area (Å²) < 4.78 is 0. The Hall–Kier alpha value is -1.97. The molecule has 0 bridgehead atoms. The zero-order valence-electron chi connectivity index (χ0n) is 13.1. The van der Waals surface area contributed by atoms with Gasteiger partial charge in [0.05, 0.1) is 6.54 Å². The summed E-state index contributed by atoms with van der Waals surface area (Å²) in [5.41, 5.74) is 2.52. The minimum atomic E-state index is 0.703. The summed E-state index contributed by atoms with van der Waals surface area (Å²) in [5, 5.41) is 6.60. The topological polar surface area (TPSA) is 39.7 Å². The van der Waals surface area contributed by atoms with E-state index in [1.165, 1.54) is 11.3 Å². The smallest absolute Gasteiger partial charge is 0.191 e. The molecule has 0 radical (unpaired) electrons. The van der Waals surface area contributed by atoms with Crippen LogP contribution in [0, 0.1) is 0 Å². The fourth-order valence-corrected chi connectivity index (χ4v) is 2.30. The van der Waals surface area contributed by atoms with Gasteiger partial charge >= 0.3 is 0 Å². The van der Waals surface area contributed by atoms with Crippen LogP contribution < -0.4 is 15.5 Å². The normalized spacial score (nSPS) is 14.6. The van der Waals surface area contributed by atoms with Crippen molar-refractivity contribution >= 4 is 11.6 Å². The van der Waals surface area contributed by atoms with E-state index in [4.69, 9.17) is 0 Å². The molecule has 4 heteroatoms. The average molecular weight is 286 g/mol. The third-order valence-corrected chi connectivity index (χ3v) is 3.40. The van der Waals surface area contributed by atoms with E-state index in [0.717, 1.165) is 38.6 Å². The van der Waals surface area contributed by atoms with E-state index in [-0.39, 0.29) is 0 Å². The summed E-state index contributed by atoms with van der Waals surface area (Å²) in [6.07, 6.45) is 5.52. The maximum absolute atomic E-state index is 4.65. The van der Waals surface area contributed by atoms with Gasteiger partial charge in [-0.05, 0) is 31.0 Å². The van der Waals surface area contributed by atoms with Gasteiger partial charge in [0.25, 0.3) is 0 Å². The van der Waals surface area contributed by atoms with Crippen LogP contribution in [0.1, 0.15) is 25.8 Å². The predicted molar refractivity (Wildman–Crippen MR) is 90.9 cm³/mol. The first-order valence-electron chi connectivity index (χ1n) is 7.84. The molecule has 1 aliphatic heterocycles. The Morgan fingerprint density at radius 3 is 2.71 bits per heavy atom. The van der Waals surface area contributed by atoms with E-state index in [9.17, 15) is 0 Å². The number of aliphatic imine (C=N–C) groups is 1. The molecule has 0 atom stereocenters. The maximum Gasteiger partial charge on any atom is 0.191 e. The van der Waals surface area contributed by atoms with Gasteiger partial charge in [0, 0.05) is 31.9 Å². The molecule has 0 amide bonds. The minimum Gasteiger partial charge on any atom is -0.364 e. The Balaban J connectivity index is 1.98. The van der Waals surface area contributed by atoms with Gasteiger partial charge in [-0.25, -0.2) is 4.99 Å². The summed E-state index contributed by atoms with van der Waals surface area (Å²) in [7, 11) is 0. The molecule has 0 saturated carbocycles. The summed E-state index contributed by atoms with van der Waals surface area (Å²) in [4.78, 5) is 7.00. The van der Waals surface area contributed by atoms with Crippen molar-refractivity contribution in [3.8, 4) is 0 Å². The van der Waals surface area contributed by atoms with Crippen molar-refractivity contribution in [2.75, 3.05) is 31.1 Å². The van der Waals surface area contributed by atoms with Crippen molar-refractivity contribution in [1.29, 1.82) is 0 Å². The lowest BCUT2D eigenvalue weighted by molar-refractivity contribution is 0.785. The number of rotatable bonds is 6. The molecule has 0 spiro atoms. The second-order valence-electron chi connectivity index (χ2n) is 5.17. The third kappa shape index (κ3) is 4.81. The fourth-order valence-electron chi connectivity index (χ4n) is 2.30. The number of guanidine groups is 1. The van der Waals surface area contributed by atoms with Crippen LogP contribution in [-0.4, -0.2) is 32.1 Å². The number of nitrogens with one attached hydrogen (secondary N) is 2. The lowest BCUT2D eigenvalue weighted by Crippen LogP contribution is -2.37. The average Bonchev–Trinajstić information content (AvgIpc) is 3.05. The zero-order chi connectivity index (χ0) is 14.9. The van der Waals surface area contributed by atoms with Crippen LogP contribution in [-0.2, 0) is 6.54 Å². The van der Waals surface area contributed by atoms with Crippen LogP contribution in [0.25, 0.3) is 0 Å². The molecule has 2 N–H and O–H groups in total. The zero-order valence-corrected chi connectivity index (χ0v) is 13.1. The molecule has 4 nitrogen and oxygen atoms in total. The van der Waals surface area contributed by atoms with Crippen molar-refractivity contribution in [1.82, 2.24) is 10.6 Å². The molecule has 21 heavy (non-hydrogen) atoms. The number of anilines is 1. The van der Waals surface area contributed by atoms with Gasteiger partial charge in [0.2, 0.25) is 0 Å². The van der Waals surface area contributed by atoms with E-state index < -0.39 is 0 Å². The SMILES string of the molecule is CCCNC(=NCc1cccc(N2CC=CC2)c1)NCC. The molecular formula is C17H26N4. The van der Waals surface area contributed by atoms with Gasteiger partial charge in [0.1, 0.15) is 0 Å². The highest BCUT2D eigenvalue weighted by atomic mass is 15.2. The number of hydrogen-bond donors (Lipinski definition) is 2. The molecule has 0 aliphatic carbocycles. The molecular weight excluding hydrogens is 260 g/mol. The first kappa shape index (κ1) is 15.4. The van der Waals surface area contributed by atoms with Crippen LogP contribution in [0.4, 0.5) is 5.69 Å². The number of hydrogen-bond acceptors (Lipinski definition) is 2. The van der Waals surface area contributed by atoms with E-state index >= 15 is 0 Å². The van der Waals surface area contributed by atoms with Crippen molar-refractivity contribution in [2.45, 2.75) is 26.8 Å². The molecule has 1 aromatic rings. The molecule has 0 unspecified atom stereocenters. The summed E-state index contributed by atoms with van der Waals surface area (Å²) in [5.74, 6) is 0.896. The quantitative estimate of drug-likeness (QED) is 0.479. The van der Waals surface area contributed by atoms with Gasteiger partial charge in [0.15, 0.2) is 5.96 Å². The molecule has 1 aliphatic rings. The van der Waals surface area contributed by atoms with Crippen LogP contribution in [0.3, 0.4) is 0 Å². The van der Waals surface area contributed by atoms with Gasteiger partial charge in [-0.3, -0.25) is 0 Å². The van der Waals surface area contributed by atoms with E-state index in [0.29, 0.717) is 6.54 Å². The fraction of sp³-hybridized carbons (Fsp3) is 0.471. The Morgan fingerprint density at radius 2 is 2.00 bits per heavy atom. The monoisotopic (exact) mass is 286 g/mol. The minimum absolute atomic E-state index is 0.703. The van der Waals surface area contributed by atoms with Gasteiger partial charge < -0.3 is 15.5 Å². The summed E-state index contributed by atoms with van der Waals surface area (Å²) in [6, 6.07) is 8.66. The molecule has 2 rings (SSSR count). The Morgan fingerprint density at radius 1 is 1.19 bits per heavy atom. The van der Waals surface area contributed by atoms with E-state index in [1.54, 1.807) is 0 Å². The lowest BCUT2D eigenvalue weighted by Gasteiger charge is -2.18. The third-order valence-electron chi connectivity index (χ3n) is 3.40. The van der Waals surface area contributed by atoms with E-state index in [2.05, 4.69) is 70.8 Å². The molecule has 114 valence electrons. The highest BCUT2D eigenvalue weighted by molar-refractivity contribution is 5.79. The Labute approximate surface area is 128 Å². The summed E-state index contributed by atoms with van der Waals surface area (Å²) >= 11 is 0. The van der Waals surface area contributed by atoms with Crippen LogP contribution in [0.2, 0.25) is 0 Å². The summed E-state index contributed by atoms with van der Waals surface area (Å²) in [6.45, 7) is 8.80. The lowest BCUT2D eigenvalue weighted by atomic mass is 10.2. The molecule has 0 fully saturated rings. The van der Waals surface area contributed by atoms with Crippen molar-refractivity contribution < 1.29 is 0 Å². The standard InChI is InChI=1S/C17H26N4/c1-3-10-19-17(18-4-2)20-14-15-8-7-9-16(13-15)21-11-5-6-12-21/h5-9,13H,3-4,10-12,14H2,1-2H3,(H2,18,19,20). The first-order valence-corrected chi connectivity index (χ1v) is 7.84. The van der Waals surface area contributed by atoms with E-state index in [1.807, 2.05) is 0 Å². The largest absolute Gasteiger partial charge is 0.364 e.